The largest absolute Gasteiger partial charge is 0.493 e. The molecule has 0 aliphatic carbocycles. The molecule has 466 valence electrons. The number of anilines is 1. The number of amides is 3. The monoisotopic (exact) mass is 1240 g/mol. The number of thiazole rings is 1. The highest BCUT2D eigenvalue weighted by Crippen LogP contribution is 2.39. The highest BCUT2D eigenvalue weighted by molar-refractivity contribution is 7.92. The smallest absolute Gasteiger partial charge is 0.328 e. The average Bonchev–Trinajstić information content (AvgIpc) is 3.23. The Morgan fingerprint density at radius 1 is 0.852 bits per heavy atom. The molecule has 0 spiro atoms. The molecule has 1 aliphatic rings. The molecule has 1 aliphatic heterocycles. The summed E-state index contributed by atoms with van der Waals surface area (Å²) in [4.78, 5) is 68.4. The predicted octanol–water partition coefficient (Wildman–Crippen LogP) is 8.90. The zero-order valence-electron chi connectivity index (χ0n) is 51.2. The minimum Gasteiger partial charge on any atom is -0.493 e. The topological polar surface area (TPSA) is 256 Å². The van der Waals surface area contributed by atoms with E-state index in [4.69, 9.17) is 18.9 Å². The van der Waals surface area contributed by atoms with Crippen molar-refractivity contribution in [3.8, 4) is 50.4 Å². The molecule has 5 atom stereocenters. The number of benzene rings is 4. The number of nitrogens with zero attached hydrogens (tertiary/aromatic N) is 8. The maximum absolute atomic E-state index is 14.5. The normalized spacial score (nSPS) is 15.3. The molecule has 3 amide bonds. The summed E-state index contributed by atoms with van der Waals surface area (Å²) in [5, 5.41) is 21.4. The Balaban J connectivity index is 0.833. The van der Waals surface area contributed by atoms with E-state index in [9.17, 15) is 32.7 Å². The van der Waals surface area contributed by atoms with Gasteiger partial charge in [-0.25, -0.2) is 23.2 Å². The number of nitrogens with one attached hydrogen (secondary N) is 3. The van der Waals surface area contributed by atoms with E-state index in [1.807, 2.05) is 78.5 Å². The zero-order chi connectivity index (χ0) is 63.0. The molecule has 4 N–H and O–H groups in total. The standard InChI is InChI=1S/C64H77N11O11S2/c1-11-24-83-49-29-50(84-25-13-12-23-71(7)8)31-51(30-49)86-57-33-55-54(72(9)64(80)73(55)10)32-53(57)70-88(81,82)52-16-14-15-46(26-52)61(77)66-34-40(4)85-58-27-45(21-22-65-58)47-35-68-75(36-47)59(39(2)3)63(79)74-37-48(76)28-56(74)62(78)69-41(5)43-17-19-44(20-18-43)60-42(6)67-38-87-60/h14-22,26-27,29-33,35-36,38-41,48,56,59,70,76H,11-13,23-25,28,34,37H2,1-10H3,(H,66,77)(H,69,78)/t40-,41+,48-,56+,59?/m1/s1. The fourth-order valence-electron chi connectivity index (χ4n) is 10.5. The molecule has 1 fully saturated rings. The van der Waals surface area contributed by atoms with Crippen LogP contribution in [0.5, 0.6) is 28.9 Å². The number of β-amino-alcohol motifs (C(OH)–C–C–N with tert-alkyl or cyclic N) is 1. The number of pyridine rings is 1. The number of hydrogen-bond acceptors (Lipinski definition) is 16. The van der Waals surface area contributed by atoms with E-state index in [0.29, 0.717) is 52.6 Å². The lowest BCUT2D eigenvalue weighted by atomic mass is 10.0. The SMILES string of the molecule is CCCOc1cc(OCCCCN(C)C)cc(Oc2cc3c(cc2NS(=O)(=O)c2cccc(C(=O)NC[C@@H](C)Oc4cc(-c5cnn(C(C(=O)N6C[C@H](O)C[C@H]6C(=O)N[C@@H](C)c6ccc(-c7scnc7C)cc6)C(C)C)c5)ccn4)c2)n(C)c(=O)n3C)c1. The number of fused-ring (bicyclic) bond motifs is 1. The number of likely N-dealkylation sites (tertiary alicyclic amines) is 1. The Bertz CT molecular complexity index is 3950. The second-order valence-corrected chi connectivity index (χ2v) is 25.3. The lowest BCUT2D eigenvalue weighted by Crippen LogP contribution is -2.49. The first-order valence-corrected chi connectivity index (χ1v) is 31.7. The average molecular weight is 1240 g/mol. The van der Waals surface area contributed by atoms with Crippen LogP contribution in [0.1, 0.15) is 94.0 Å². The lowest BCUT2D eigenvalue weighted by Gasteiger charge is -2.30. The lowest BCUT2D eigenvalue weighted by molar-refractivity contribution is -0.142. The number of carbonyl (C=O) groups is 3. The molecule has 0 bridgehead atoms. The van der Waals surface area contributed by atoms with Gasteiger partial charge in [-0.1, -0.05) is 51.1 Å². The van der Waals surface area contributed by atoms with Gasteiger partial charge in [0.2, 0.25) is 17.7 Å². The van der Waals surface area contributed by atoms with Crippen LogP contribution in [0.2, 0.25) is 0 Å². The van der Waals surface area contributed by atoms with Gasteiger partial charge in [-0.2, -0.15) is 5.10 Å². The van der Waals surface area contributed by atoms with Crippen molar-refractivity contribution in [2.45, 2.75) is 102 Å². The van der Waals surface area contributed by atoms with Crippen molar-refractivity contribution in [2.24, 2.45) is 20.0 Å². The van der Waals surface area contributed by atoms with Crippen molar-refractivity contribution in [3.05, 3.63) is 142 Å². The van der Waals surface area contributed by atoms with Crippen LogP contribution in [0.15, 0.2) is 125 Å². The van der Waals surface area contributed by atoms with Crippen LogP contribution in [-0.2, 0) is 33.7 Å². The third kappa shape index (κ3) is 15.2. The van der Waals surface area contributed by atoms with Crippen LogP contribution >= 0.6 is 11.3 Å². The Morgan fingerprint density at radius 2 is 1.57 bits per heavy atom. The van der Waals surface area contributed by atoms with Crippen LogP contribution in [-0.4, -0.2) is 135 Å². The molecule has 1 unspecified atom stereocenters. The quantitative estimate of drug-likeness (QED) is 0.0351. The maximum atomic E-state index is 14.5. The Morgan fingerprint density at radius 3 is 2.26 bits per heavy atom. The van der Waals surface area contributed by atoms with E-state index in [0.717, 1.165) is 47.5 Å². The summed E-state index contributed by atoms with van der Waals surface area (Å²) >= 11 is 1.57. The van der Waals surface area contributed by atoms with Gasteiger partial charge in [0.15, 0.2) is 5.75 Å². The number of aliphatic hydroxyl groups excluding tert-OH is 1. The number of aryl methyl sites for hydroxylation is 3. The Hall–Kier alpha value is -8.58. The molecule has 0 saturated carbocycles. The third-order valence-corrected chi connectivity index (χ3v) is 17.5. The van der Waals surface area contributed by atoms with Crippen molar-refractivity contribution >= 4 is 55.8 Å². The molecule has 4 aromatic heterocycles. The van der Waals surface area contributed by atoms with Crippen molar-refractivity contribution in [3.63, 3.8) is 0 Å². The van der Waals surface area contributed by atoms with Crippen molar-refractivity contribution in [1.82, 2.24) is 49.3 Å². The van der Waals surface area contributed by atoms with Gasteiger partial charge in [-0.3, -0.25) is 32.9 Å². The van der Waals surface area contributed by atoms with Crippen LogP contribution < -0.4 is 40.0 Å². The highest BCUT2D eigenvalue weighted by atomic mass is 32.2. The van der Waals surface area contributed by atoms with Crippen LogP contribution in [0, 0.1) is 12.8 Å². The van der Waals surface area contributed by atoms with Crippen molar-refractivity contribution < 1.29 is 46.9 Å². The summed E-state index contributed by atoms with van der Waals surface area (Å²) in [6.07, 6.45) is 6.08. The Labute approximate surface area is 516 Å². The minimum atomic E-state index is -4.40. The molecule has 9 rings (SSSR count). The number of carbonyl (C=O) groups excluding carboxylic acids is 3. The molecule has 88 heavy (non-hydrogen) atoms. The van der Waals surface area contributed by atoms with Crippen molar-refractivity contribution in [2.75, 3.05) is 51.7 Å². The number of unbranched alkanes of at least 4 members (excludes halogenated alkanes) is 1. The molecular formula is C64H77N11O11S2. The van der Waals surface area contributed by atoms with E-state index in [2.05, 4.69) is 35.3 Å². The number of aromatic nitrogens is 6. The molecule has 1 saturated heterocycles. The summed E-state index contributed by atoms with van der Waals surface area (Å²) in [6.45, 7) is 13.2. The Kier molecular flexibility index (Phi) is 20.4. The number of sulfonamides is 1. The molecule has 5 heterocycles. The van der Waals surface area contributed by atoms with E-state index in [1.165, 1.54) is 44.4 Å². The summed E-state index contributed by atoms with van der Waals surface area (Å²) in [5.74, 6) is 0.152. The van der Waals surface area contributed by atoms with Gasteiger partial charge in [0.25, 0.3) is 15.9 Å². The zero-order valence-corrected chi connectivity index (χ0v) is 52.9. The van der Waals surface area contributed by atoms with E-state index in [-0.39, 0.29) is 76.8 Å². The summed E-state index contributed by atoms with van der Waals surface area (Å²) in [7, 11) is 2.84. The van der Waals surface area contributed by atoms with Crippen LogP contribution in [0.25, 0.3) is 32.6 Å². The molecule has 24 heteroatoms. The number of hydrogen-bond donors (Lipinski definition) is 4. The first-order chi connectivity index (χ1) is 42.1. The second kappa shape index (κ2) is 28.1. The van der Waals surface area contributed by atoms with Gasteiger partial charge >= 0.3 is 5.69 Å². The fourth-order valence-corrected chi connectivity index (χ4v) is 12.4. The van der Waals surface area contributed by atoms with Gasteiger partial charge in [0.05, 0.1) is 75.8 Å². The maximum Gasteiger partial charge on any atom is 0.328 e. The molecule has 0 radical (unpaired) electrons. The van der Waals surface area contributed by atoms with Gasteiger partial charge < -0.3 is 44.5 Å². The summed E-state index contributed by atoms with van der Waals surface area (Å²) in [5.41, 5.74) is 6.75. The van der Waals surface area contributed by atoms with Gasteiger partial charge in [-0.05, 0) is 114 Å². The first kappa shape index (κ1) is 63.9. The van der Waals surface area contributed by atoms with Crippen LogP contribution in [0.4, 0.5) is 5.69 Å². The van der Waals surface area contributed by atoms with E-state index >= 15 is 0 Å². The summed E-state index contributed by atoms with van der Waals surface area (Å²) < 4.78 is 60.5. The number of rotatable bonds is 27. The number of aliphatic hydroxyl groups is 1. The molecular weight excluding hydrogens is 1160 g/mol. The number of imidazole rings is 1. The van der Waals surface area contributed by atoms with Crippen LogP contribution in [0.3, 0.4) is 0 Å². The fraction of sp³-hybridized carbons (Fsp3) is 0.391. The molecule has 22 nitrogen and oxygen atoms in total. The van der Waals surface area contributed by atoms with Crippen molar-refractivity contribution in [1.29, 1.82) is 0 Å². The molecule has 4 aromatic carbocycles. The minimum absolute atomic E-state index is 0.000433. The predicted molar refractivity (Wildman–Crippen MR) is 338 cm³/mol. The highest BCUT2D eigenvalue weighted by Gasteiger charge is 2.43. The second-order valence-electron chi connectivity index (χ2n) is 22.8. The summed E-state index contributed by atoms with van der Waals surface area (Å²) in [6, 6.07) is 23.3. The number of ether oxygens (including phenoxy) is 4. The van der Waals surface area contributed by atoms with E-state index < -0.39 is 40.2 Å². The van der Waals surface area contributed by atoms with E-state index in [1.54, 1.807) is 92.0 Å². The first-order valence-electron chi connectivity index (χ1n) is 29.4. The van der Waals surface area contributed by atoms with Gasteiger partial charge in [-0.15, -0.1) is 11.3 Å². The molecule has 8 aromatic rings. The van der Waals surface area contributed by atoms with Gasteiger partial charge in [0, 0.05) is 80.9 Å². The third-order valence-electron chi connectivity index (χ3n) is 15.2. The van der Waals surface area contributed by atoms with Gasteiger partial charge in [0.1, 0.15) is 35.4 Å².